The van der Waals surface area contributed by atoms with Crippen LogP contribution >= 0.6 is 11.6 Å². The number of carbonyl (C=O) groups excluding carboxylic acids is 1. The molecule has 0 atom stereocenters. The molecule has 7 heteroatoms. The summed E-state index contributed by atoms with van der Waals surface area (Å²) >= 11 is 6.20. The number of hydrogen-bond donors (Lipinski definition) is 1. The van der Waals surface area contributed by atoms with Crippen molar-refractivity contribution >= 4 is 32.6 Å². The minimum absolute atomic E-state index is 0.0367. The summed E-state index contributed by atoms with van der Waals surface area (Å²) in [4.78, 5) is 12.0. The van der Waals surface area contributed by atoms with Gasteiger partial charge in [-0.3, -0.25) is 9.10 Å². The first-order valence-corrected chi connectivity index (χ1v) is 7.51. The highest BCUT2D eigenvalue weighted by atomic mass is 35.5. The highest BCUT2D eigenvalue weighted by Crippen LogP contribution is 2.38. The number of likely N-dealkylation sites (N-methyl/N-ethyl adjacent to an activating group) is 2. The number of rotatable bonds is 2. The fraction of sp³-hybridized carbons (Fsp3) is 0.250. The van der Waals surface area contributed by atoms with E-state index in [-0.39, 0.29) is 22.2 Å². The summed E-state index contributed by atoms with van der Waals surface area (Å²) < 4.78 is 26.0. The number of benzene rings is 1. The van der Waals surface area contributed by atoms with Gasteiger partial charge in [-0.1, -0.05) is 29.8 Å². The average molecular weight is 301 g/mol. The molecule has 0 fully saturated rings. The van der Waals surface area contributed by atoms with Gasteiger partial charge in [-0.05, 0) is 13.0 Å². The van der Waals surface area contributed by atoms with Gasteiger partial charge in [-0.25, -0.2) is 8.42 Å². The van der Waals surface area contributed by atoms with Crippen LogP contribution in [0.2, 0.25) is 0 Å². The van der Waals surface area contributed by atoms with E-state index < -0.39 is 15.9 Å². The van der Waals surface area contributed by atoms with Crippen molar-refractivity contribution in [2.45, 2.75) is 11.8 Å². The van der Waals surface area contributed by atoms with Gasteiger partial charge >= 0.3 is 0 Å². The number of carbonyl (C=O) groups is 1. The lowest BCUT2D eigenvalue weighted by molar-refractivity contribution is -0.117. The van der Waals surface area contributed by atoms with Gasteiger partial charge in [0.05, 0.1) is 9.93 Å². The van der Waals surface area contributed by atoms with Crippen LogP contribution in [0.1, 0.15) is 12.5 Å². The topological polar surface area (TPSA) is 66.5 Å². The largest absolute Gasteiger partial charge is 0.354 e. The summed E-state index contributed by atoms with van der Waals surface area (Å²) in [6, 6.07) is 6.38. The molecule has 1 amide bonds. The van der Waals surface area contributed by atoms with Crippen molar-refractivity contribution in [3.8, 4) is 0 Å². The van der Waals surface area contributed by atoms with E-state index in [0.29, 0.717) is 5.56 Å². The zero-order valence-corrected chi connectivity index (χ0v) is 12.0. The fourth-order valence-electron chi connectivity index (χ4n) is 2.01. The van der Waals surface area contributed by atoms with Crippen molar-refractivity contribution in [3.05, 3.63) is 35.5 Å². The SMILES string of the molecule is CCN1C(C(=O)NC)=C(Cl)c2ccccc2S1(=O)=O. The standard InChI is InChI=1S/C12H13ClN2O3S/c1-3-15-11(12(16)14-2)10(13)8-6-4-5-7-9(8)19(15,17)18/h4-7H,3H2,1-2H3,(H,14,16). The maximum Gasteiger partial charge on any atom is 0.269 e. The number of nitrogens with zero attached hydrogens (tertiary/aromatic N) is 1. The summed E-state index contributed by atoms with van der Waals surface area (Å²) in [5.41, 5.74) is 0.317. The predicted octanol–water partition coefficient (Wildman–Crippen LogP) is 1.36. The first kappa shape index (κ1) is 13.9. The highest BCUT2D eigenvalue weighted by molar-refractivity contribution is 7.89. The second kappa shape index (κ2) is 4.86. The summed E-state index contributed by atoms with van der Waals surface area (Å²) in [7, 11) is -2.31. The Balaban J connectivity index is 2.82. The number of sulfonamides is 1. The Bertz CT molecular complexity index is 667. The Morgan fingerprint density at radius 1 is 1.37 bits per heavy atom. The van der Waals surface area contributed by atoms with Crippen LogP contribution in [0, 0.1) is 0 Å². The molecule has 1 aliphatic heterocycles. The molecule has 1 aromatic carbocycles. The third kappa shape index (κ3) is 2.01. The molecular formula is C12H13ClN2O3S. The summed E-state index contributed by atoms with van der Waals surface area (Å²) in [6.45, 7) is 1.79. The van der Waals surface area contributed by atoms with Crippen molar-refractivity contribution in [2.75, 3.05) is 13.6 Å². The molecule has 0 saturated carbocycles. The summed E-state index contributed by atoms with van der Waals surface area (Å²) in [5.74, 6) is -0.523. The fourth-order valence-corrected chi connectivity index (χ4v) is 4.16. The molecule has 19 heavy (non-hydrogen) atoms. The van der Waals surface area contributed by atoms with E-state index in [1.165, 1.54) is 13.1 Å². The molecule has 1 aromatic rings. The lowest BCUT2D eigenvalue weighted by Crippen LogP contribution is -2.40. The number of nitrogens with one attached hydrogen (secondary N) is 1. The molecular weight excluding hydrogens is 288 g/mol. The Labute approximate surface area is 116 Å². The van der Waals surface area contributed by atoms with Gasteiger partial charge in [0.25, 0.3) is 15.9 Å². The van der Waals surface area contributed by atoms with Gasteiger partial charge in [-0.2, -0.15) is 0 Å². The van der Waals surface area contributed by atoms with Crippen LogP contribution in [-0.2, 0) is 14.8 Å². The Kier molecular flexibility index (Phi) is 3.56. The molecule has 0 radical (unpaired) electrons. The van der Waals surface area contributed by atoms with Crippen molar-refractivity contribution in [3.63, 3.8) is 0 Å². The Hall–Kier alpha value is -1.53. The average Bonchev–Trinajstić information content (AvgIpc) is 2.41. The third-order valence-electron chi connectivity index (χ3n) is 2.88. The van der Waals surface area contributed by atoms with Gasteiger partial charge in [0.2, 0.25) is 0 Å². The molecule has 0 aliphatic carbocycles. The number of fused-ring (bicyclic) bond motifs is 1. The van der Waals surface area contributed by atoms with Gasteiger partial charge in [-0.15, -0.1) is 0 Å². The lowest BCUT2D eigenvalue weighted by atomic mass is 10.1. The molecule has 1 N–H and O–H groups in total. The molecule has 1 heterocycles. The Morgan fingerprint density at radius 2 is 2.00 bits per heavy atom. The summed E-state index contributed by atoms with van der Waals surface area (Å²) in [5, 5.41) is 2.56. The second-order valence-corrected chi connectivity index (χ2v) is 6.12. The molecule has 5 nitrogen and oxygen atoms in total. The number of halogens is 1. The smallest absolute Gasteiger partial charge is 0.269 e. The van der Waals surface area contributed by atoms with Crippen LogP contribution in [0.3, 0.4) is 0 Å². The molecule has 0 bridgehead atoms. The van der Waals surface area contributed by atoms with Crippen LogP contribution in [0.5, 0.6) is 0 Å². The van der Waals surface area contributed by atoms with Gasteiger partial charge in [0.15, 0.2) is 0 Å². The monoisotopic (exact) mass is 300 g/mol. The van der Waals surface area contributed by atoms with Crippen molar-refractivity contribution in [1.82, 2.24) is 9.62 Å². The van der Waals surface area contributed by atoms with Crippen LogP contribution < -0.4 is 5.32 Å². The maximum absolute atomic E-state index is 12.5. The van der Waals surface area contributed by atoms with Crippen LogP contribution in [0.15, 0.2) is 34.9 Å². The lowest BCUT2D eigenvalue weighted by Gasteiger charge is -2.30. The van der Waals surface area contributed by atoms with Crippen molar-refractivity contribution in [1.29, 1.82) is 0 Å². The predicted molar refractivity (Wildman–Crippen MR) is 72.8 cm³/mol. The maximum atomic E-state index is 12.5. The molecule has 0 spiro atoms. The quantitative estimate of drug-likeness (QED) is 0.897. The van der Waals surface area contributed by atoms with Gasteiger partial charge in [0, 0.05) is 19.2 Å². The molecule has 0 aromatic heterocycles. The van der Waals surface area contributed by atoms with Crippen LogP contribution in [-0.4, -0.2) is 32.2 Å². The van der Waals surface area contributed by atoms with E-state index in [4.69, 9.17) is 11.6 Å². The normalized spacial score (nSPS) is 17.1. The van der Waals surface area contributed by atoms with E-state index in [1.807, 2.05) is 0 Å². The second-order valence-electron chi connectivity index (χ2n) is 3.91. The highest BCUT2D eigenvalue weighted by Gasteiger charge is 2.37. The van der Waals surface area contributed by atoms with E-state index in [0.717, 1.165) is 4.31 Å². The minimum Gasteiger partial charge on any atom is -0.354 e. The van der Waals surface area contributed by atoms with E-state index >= 15 is 0 Å². The Morgan fingerprint density at radius 3 is 2.58 bits per heavy atom. The first-order valence-electron chi connectivity index (χ1n) is 5.69. The van der Waals surface area contributed by atoms with E-state index in [1.54, 1.807) is 25.1 Å². The van der Waals surface area contributed by atoms with Crippen LogP contribution in [0.4, 0.5) is 0 Å². The molecule has 0 unspecified atom stereocenters. The van der Waals surface area contributed by atoms with E-state index in [9.17, 15) is 13.2 Å². The zero-order valence-electron chi connectivity index (χ0n) is 10.5. The number of hydrogen-bond acceptors (Lipinski definition) is 3. The minimum atomic E-state index is -3.74. The van der Waals surface area contributed by atoms with E-state index in [2.05, 4.69) is 5.32 Å². The molecule has 2 rings (SSSR count). The first-order chi connectivity index (χ1) is 8.95. The van der Waals surface area contributed by atoms with Crippen LogP contribution in [0.25, 0.3) is 5.03 Å². The molecule has 0 saturated heterocycles. The van der Waals surface area contributed by atoms with Gasteiger partial charge in [0.1, 0.15) is 5.70 Å². The van der Waals surface area contributed by atoms with Crippen molar-refractivity contribution in [2.24, 2.45) is 0 Å². The molecule has 1 aliphatic rings. The van der Waals surface area contributed by atoms with Crippen molar-refractivity contribution < 1.29 is 13.2 Å². The number of amides is 1. The molecule has 102 valence electrons. The third-order valence-corrected chi connectivity index (χ3v) is 5.19. The van der Waals surface area contributed by atoms with Gasteiger partial charge < -0.3 is 5.32 Å². The zero-order chi connectivity index (χ0) is 14.2. The summed E-state index contributed by atoms with van der Waals surface area (Å²) in [6.07, 6.45) is 0.